The maximum atomic E-state index is 12.7. The standard InChI is InChI=1S/C16H17IN4O7S/c1-4-28-14(22)10-6-5-9(17)7-11(10)29(24,25)21-16(23)20-15-18-12(26-2)8-13(19-15)27-3/h5-8H,4H2,1-3H3,(H2,18,19,20,21,23). The lowest BCUT2D eigenvalue weighted by atomic mass is 10.2. The van der Waals surface area contributed by atoms with Crippen molar-refractivity contribution in [1.82, 2.24) is 14.7 Å². The van der Waals surface area contributed by atoms with Gasteiger partial charge in [-0.1, -0.05) is 0 Å². The van der Waals surface area contributed by atoms with E-state index in [9.17, 15) is 18.0 Å². The monoisotopic (exact) mass is 536 g/mol. The molecule has 0 saturated heterocycles. The smallest absolute Gasteiger partial charge is 0.339 e. The quantitative estimate of drug-likeness (QED) is 0.400. The van der Waals surface area contributed by atoms with E-state index in [2.05, 4.69) is 15.3 Å². The Balaban J connectivity index is 2.29. The highest BCUT2D eigenvalue weighted by molar-refractivity contribution is 14.1. The number of hydrogen-bond acceptors (Lipinski definition) is 9. The minimum atomic E-state index is -4.41. The Hall–Kier alpha value is -2.68. The van der Waals surface area contributed by atoms with E-state index in [1.807, 2.05) is 27.3 Å². The molecule has 0 unspecified atom stereocenters. The van der Waals surface area contributed by atoms with Gasteiger partial charge in [0, 0.05) is 3.57 Å². The summed E-state index contributed by atoms with van der Waals surface area (Å²) in [6.07, 6.45) is 0. The van der Waals surface area contributed by atoms with Crippen LogP contribution in [0.15, 0.2) is 29.2 Å². The number of nitrogens with one attached hydrogen (secondary N) is 2. The number of nitrogens with zero attached hydrogens (tertiary/aromatic N) is 2. The highest BCUT2D eigenvalue weighted by atomic mass is 127. The second-order valence-corrected chi connectivity index (χ2v) is 8.09. The fourth-order valence-corrected chi connectivity index (χ4v) is 3.90. The van der Waals surface area contributed by atoms with Crippen molar-refractivity contribution in [2.24, 2.45) is 0 Å². The van der Waals surface area contributed by atoms with E-state index >= 15 is 0 Å². The molecule has 0 aliphatic heterocycles. The first-order valence-electron chi connectivity index (χ1n) is 7.97. The summed E-state index contributed by atoms with van der Waals surface area (Å²) >= 11 is 1.88. The molecule has 0 atom stereocenters. The summed E-state index contributed by atoms with van der Waals surface area (Å²) in [4.78, 5) is 31.6. The predicted octanol–water partition coefficient (Wildman–Crippen LogP) is 1.79. The average Bonchev–Trinajstić information content (AvgIpc) is 2.67. The largest absolute Gasteiger partial charge is 0.481 e. The molecule has 0 aliphatic carbocycles. The van der Waals surface area contributed by atoms with Crippen molar-refractivity contribution in [3.8, 4) is 11.8 Å². The van der Waals surface area contributed by atoms with Crippen LogP contribution >= 0.6 is 22.6 Å². The van der Waals surface area contributed by atoms with Crippen molar-refractivity contribution < 1.29 is 32.2 Å². The van der Waals surface area contributed by atoms with Gasteiger partial charge < -0.3 is 14.2 Å². The Kier molecular flexibility index (Phi) is 7.55. The van der Waals surface area contributed by atoms with Gasteiger partial charge in [0.2, 0.25) is 17.7 Å². The number of rotatable bonds is 7. The molecule has 1 aromatic carbocycles. The van der Waals surface area contributed by atoms with Crippen molar-refractivity contribution in [2.75, 3.05) is 26.1 Å². The van der Waals surface area contributed by atoms with Crippen molar-refractivity contribution in [1.29, 1.82) is 0 Å². The second kappa shape index (κ2) is 9.69. The molecule has 2 N–H and O–H groups in total. The highest BCUT2D eigenvalue weighted by Crippen LogP contribution is 2.21. The predicted molar refractivity (Wildman–Crippen MR) is 110 cm³/mol. The van der Waals surface area contributed by atoms with Crippen LogP contribution in [0.5, 0.6) is 11.8 Å². The molecule has 11 nitrogen and oxygen atoms in total. The maximum Gasteiger partial charge on any atom is 0.339 e. The lowest BCUT2D eigenvalue weighted by Crippen LogP contribution is -2.35. The van der Waals surface area contributed by atoms with Gasteiger partial charge in [0.25, 0.3) is 10.0 Å². The zero-order valence-electron chi connectivity index (χ0n) is 15.6. The van der Waals surface area contributed by atoms with E-state index in [1.54, 1.807) is 13.0 Å². The molecule has 1 heterocycles. The number of methoxy groups -OCH3 is 2. The first kappa shape index (κ1) is 22.6. The molecule has 2 amide bonds. The van der Waals surface area contributed by atoms with E-state index in [0.717, 1.165) is 0 Å². The van der Waals surface area contributed by atoms with Crippen LogP contribution in [-0.4, -0.2) is 51.2 Å². The first-order chi connectivity index (χ1) is 13.7. The molecule has 0 bridgehead atoms. The number of benzene rings is 1. The number of ether oxygens (including phenoxy) is 3. The van der Waals surface area contributed by atoms with E-state index in [-0.39, 0.29) is 29.9 Å². The van der Waals surface area contributed by atoms with Crippen LogP contribution in [0.2, 0.25) is 0 Å². The number of aromatic nitrogens is 2. The van der Waals surface area contributed by atoms with E-state index in [1.165, 1.54) is 32.4 Å². The third-order valence-corrected chi connectivity index (χ3v) is 5.32. The van der Waals surface area contributed by atoms with Crippen molar-refractivity contribution in [2.45, 2.75) is 11.8 Å². The zero-order chi connectivity index (χ0) is 21.6. The molecule has 156 valence electrons. The molecule has 0 fully saturated rings. The normalized spacial score (nSPS) is 10.8. The molecule has 2 rings (SSSR count). The summed E-state index contributed by atoms with van der Waals surface area (Å²) in [7, 11) is -1.71. The Labute approximate surface area is 180 Å². The zero-order valence-corrected chi connectivity index (χ0v) is 18.5. The maximum absolute atomic E-state index is 12.7. The van der Waals surface area contributed by atoms with Gasteiger partial charge >= 0.3 is 12.0 Å². The molecule has 1 aromatic heterocycles. The van der Waals surface area contributed by atoms with Crippen molar-refractivity contribution >= 4 is 50.6 Å². The topological polar surface area (TPSA) is 146 Å². The molecule has 0 spiro atoms. The summed E-state index contributed by atoms with van der Waals surface area (Å²) in [5.74, 6) is -0.887. The van der Waals surface area contributed by atoms with Gasteiger partial charge in [0.1, 0.15) is 4.90 Å². The summed E-state index contributed by atoms with van der Waals surface area (Å²) < 4.78 is 42.5. The van der Waals surface area contributed by atoms with Gasteiger partial charge in [-0.05, 0) is 47.7 Å². The third-order valence-electron chi connectivity index (χ3n) is 3.28. The summed E-state index contributed by atoms with van der Waals surface area (Å²) in [5, 5.41) is 2.18. The first-order valence-corrected chi connectivity index (χ1v) is 10.5. The fourth-order valence-electron chi connectivity index (χ4n) is 2.07. The van der Waals surface area contributed by atoms with Gasteiger partial charge in [-0.25, -0.2) is 22.7 Å². The van der Waals surface area contributed by atoms with Crippen molar-refractivity contribution in [3.05, 3.63) is 33.4 Å². The second-order valence-electron chi connectivity index (χ2n) is 5.20. The van der Waals surface area contributed by atoms with Gasteiger partial charge in [0.15, 0.2) is 0 Å². The van der Waals surface area contributed by atoms with Gasteiger partial charge in [-0.2, -0.15) is 9.97 Å². The molecular formula is C16H17IN4O7S. The van der Waals surface area contributed by atoms with Crippen LogP contribution in [0.4, 0.5) is 10.7 Å². The average molecular weight is 536 g/mol. The number of urea groups is 1. The van der Waals surface area contributed by atoms with Crippen LogP contribution in [0.1, 0.15) is 17.3 Å². The SMILES string of the molecule is CCOC(=O)c1ccc(I)cc1S(=O)(=O)NC(=O)Nc1nc(OC)cc(OC)n1. The number of sulfonamides is 1. The Morgan fingerprint density at radius 1 is 1.10 bits per heavy atom. The van der Waals surface area contributed by atoms with Crippen LogP contribution in [0.25, 0.3) is 0 Å². The van der Waals surface area contributed by atoms with Gasteiger partial charge in [-0.3, -0.25) is 5.32 Å². The lowest BCUT2D eigenvalue weighted by Gasteiger charge is -2.12. The lowest BCUT2D eigenvalue weighted by molar-refractivity contribution is 0.0521. The number of carbonyl (C=O) groups is 2. The number of hydrogen-bond donors (Lipinski definition) is 2. The van der Waals surface area contributed by atoms with Gasteiger partial charge in [0.05, 0.1) is 32.5 Å². The van der Waals surface area contributed by atoms with E-state index in [0.29, 0.717) is 3.57 Å². The van der Waals surface area contributed by atoms with Crippen molar-refractivity contribution in [3.63, 3.8) is 0 Å². The number of amides is 2. The van der Waals surface area contributed by atoms with Crippen LogP contribution in [-0.2, 0) is 14.8 Å². The Bertz CT molecular complexity index is 1010. The molecular weight excluding hydrogens is 519 g/mol. The third kappa shape index (κ3) is 5.90. The number of halogens is 1. The number of esters is 1. The Morgan fingerprint density at radius 2 is 1.72 bits per heavy atom. The molecule has 0 radical (unpaired) electrons. The highest BCUT2D eigenvalue weighted by Gasteiger charge is 2.26. The van der Waals surface area contributed by atoms with Crippen LogP contribution in [0.3, 0.4) is 0 Å². The number of anilines is 1. The van der Waals surface area contributed by atoms with E-state index < -0.39 is 26.9 Å². The molecule has 13 heteroatoms. The minimum Gasteiger partial charge on any atom is -0.481 e. The van der Waals surface area contributed by atoms with Gasteiger partial charge in [-0.15, -0.1) is 0 Å². The minimum absolute atomic E-state index is 0.0627. The van der Waals surface area contributed by atoms with E-state index in [4.69, 9.17) is 14.2 Å². The molecule has 29 heavy (non-hydrogen) atoms. The molecule has 0 aliphatic rings. The van der Waals surface area contributed by atoms with Crippen LogP contribution < -0.4 is 19.5 Å². The number of carbonyl (C=O) groups excluding carboxylic acids is 2. The molecule has 0 saturated carbocycles. The summed E-state index contributed by atoms with van der Waals surface area (Å²) in [6.45, 7) is 1.65. The fraction of sp³-hybridized carbons (Fsp3) is 0.250. The van der Waals surface area contributed by atoms with Crippen LogP contribution in [0, 0.1) is 3.57 Å². The summed E-state index contributed by atoms with van der Waals surface area (Å²) in [6, 6.07) is 4.32. The Morgan fingerprint density at radius 3 is 2.28 bits per heavy atom. The summed E-state index contributed by atoms with van der Waals surface area (Å²) in [5.41, 5.74) is -0.202. The molecule has 2 aromatic rings.